The van der Waals surface area contributed by atoms with Crippen LogP contribution in [-0.4, -0.2) is 31.6 Å². The fraction of sp³-hybridized carbons (Fsp3) is 0.533. The molecule has 1 atom stereocenters. The van der Waals surface area contributed by atoms with Gasteiger partial charge in [0.15, 0.2) is 0 Å². The highest BCUT2D eigenvalue weighted by Gasteiger charge is 2.30. The van der Waals surface area contributed by atoms with Crippen LogP contribution < -0.4 is 15.0 Å². The van der Waals surface area contributed by atoms with Gasteiger partial charge in [0, 0.05) is 24.3 Å². The van der Waals surface area contributed by atoms with Crippen molar-refractivity contribution in [1.29, 1.82) is 0 Å². The summed E-state index contributed by atoms with van der Waals surface area (Å²) in [5.41, 5.74) is 0.839. The third-order valence-corrected chi connectivity index (χ3v) is 3.73. The average Bonchev–Trinajstić information content (AvgIpc) is 2.41. The molecule has 1 unspecified atom stereocenters. The molecule has 1 N–H and O–H groups in total. The van der Waals surface area contributed by atoms with Crippen LogP contribution in [0.5, 0.6) is 5.75 Å². The maximum atomic E-state index is 12.5. The lowest BCUT2D eigenvalue weighted by Gasteiger charge is -2.33. The number of benzene rings is 1. The van der Waals surface area contributed by atoms with Crippen LogP contribution in [0.15, 0.2) is 18.2 Å². The summed E-state index contributed by atoms with van der Waals surface area (Å²) in [7, 11) is 1.58. The number of ether oxygens (including phenoxy) is 1. The minimum atomic E-state index is -0.106. The number of piperidine rings is 1. The molecule has 110 valence electrons. The Balaban J connectivity index is 2.21. The van der Waals surface area contributed by atoms with Crippen molar-refractivity contribution in [3.8, 4) is 5.75 Å². The Morgan fingerprint density at radius 2 is 2.20 bits per heavy atom. The molecule has 1 amide bonds. The van der Waals surface area contributed by atoms with Crippen molar-refractivity contribution in [3.63, 3.8) is 0 Å². The van der Waals surface area contributed by atoms with E-state index in [1.807, 2.05) is 17.0 Å². The Morgan fingerprint density at radius 3 is 2.85 bits per heavy atom. The first kappa shape index (κ1) is 15.1. The molecule has 2 rings (SSSR count). The molecule has 1 aromatic rings. The number of carbonyl (C=O) groups excluding carboxylic acids is 1. The maximum Gasteiger partial charge on any atom is 0.244 e. The van der Waals surface area contributed by atoms with Crippen LogP contribution in [0.3, 0.4) is 0 Å². The summed E-state index contributed by atoms with van der Waals surface area (Å²) < 4.78 is 5.22. The molecule has 1 fully saturated rings. The molecular formula is C15H21ClN2O2. The zero-order valence-corrected chi connectivity index (χ0v) is 12.9. The number of anilines is 1. The van der Waals surface area contributed by atoms with Gasteiger partial charge in [0.05, 0.1) is 18.2 Å². The number of rotatable bonds is 4. The molecule has 0 aliphatic carbocycles. The van der Waals surface area contributed by atoms with Gasteiger partial charge in [-0.05, 0) is 25.0 Å². The van der Waals surface area contributed by atoms with Crippen LogP contribution in [0.1, 0.15) is 26.7 Å². The van der Waals surface area contributed by atoms with E-state index >= 15 is 0 Å². The van der Waals surface area contributed by atoms with Crippen molar-refractivity contribution < 1.29 is 9.53 Å². The van der Waals surface area contributed by atoms with Crippen molar-refractivity contribution in [2.75, 3.05) is 18.6 Å². The van der Waals surface area contributed by atoms with Gasteiger partial charge in [0.2, 0.25) is 5.91 Å². The van der Waals surface area contributed by atoms with Gasteiger partial charge in [-0.25, -0.2) is 0 Å². The Morgan fingerprint density at radius 1 is 1.45 bits per heavy atom. The molecule has 5 heteroatoms. The van der Waals surface area contributed by atoms with E-state index in [1.54, 1.807) is 13.2 Å². The summed E-state index contributed by atoms with van der Waals surface area (Å²) >= 11 is 6.03. The van der Waals surface area contributed by atoms with Crippen molar-refractivity contribution in [2.45, 2.75) is 38.8 Å². The lowest BCUT2D eigenvalue weighted by molar-refractivity contribution is -0.121. The van der Waals surface area contributed by atoms with Crippen LogP contribution in [0.25, 0.3) is 0 Å². The molecular weight excluding hydrogens is 276 g/mol. The van der Waals surface area contributed by atoms with E-state index in [0.29, 0.717) is 16.8 Å². The maximum absolute atomic E-state index is 12.5. The van der Waals surface area contributed by atoms with E-state index in [9.17, 15) is 4.79 Å². The van der Waals surface area contributed by atoms with E-state index in [4.69, 9.17) is 16.3 Å². The third kappa shape index (κ3) is 3.25. The fourth-order valence-corrected chi connectivity index (χ4v) is 2.70. The number of nitrogens with zero attached hydrogens (tertiary/aromatic N) is 1. The Kier molecular flexibility index (Phi) is 4.89. The second-order valence-electron chi connectivity index (χ2n) is 5.32. The highest BCUT2D eigenvalue weighted by molar-refractivity contribution is 6.32. The highest BCUT2D eigenvalue weighted by Crippen LogP contribution is 2.31. The predicted octanol–water partition coefficient (Wildman–Crippen LogP) is 2.84. The van der Waals surface area contributed by atoms with E-state index in [-0.39, 0.29) is 11.9 Å². The quantitative estimate of drug-likeness (QED) is 0.929. The van der Waals surface area contributed by atoms with Crippen molar-refractivity contribution >= 4 is 23.2 Å². The first-order valence-corrected chi connectivity index (χ1v) is 7.31. The van der Waals surface area contributed by atoms with Crippen LogP contribution in [0.2, 0.25) is 5.02 Å². The first-order valence-electron chi connectivity index (χ1n) is 6.94. The summed E-state index contributed by atoms with van der Waals surface area (Å²) in [6.07, 6.45) is 1.87. The van der Waals surface area contributed by atoms with Gasteiger partial charge in [-0.15, -0.1) is 0 Å². The normalized spacial score (nSPS) is 19.6. The Labute approximate surface area is 125 Å². The number of carbonyl (C=O) groups is 1. The molecule has 20 heavy (non-hydrogen) atoms. The number of nitrogens with one attached hydrogen (secondary N) is 1. The number of halogens is 1. The smallest absolute Gasteiger partial charge is 0.244 e. The minimum absolute atomic E-state index is 0.106. The number of hydrogen-bond acceptors (Lipinski definition) is 3. The van der Waals surface area contributed by atoms with Crippen LogP contribution in [0.4, 0.5) is 5.69 Å². The van der Waals surface area contributed by atoms with Gasteiger partial charge in [0.25, 0.3) is 0 Å². The van der Waals surface area contributed by atoms with Gasteiger partial charge < -0.3 is 15.0 Å². The molecule has 1 aliphatic rings. The van der Waals surface area contributed by atoms with Crippen molar-refractivity contribution in [2.24, 2.45) is 0 Å². The molecule has 1 saturated heterocycles. The van der Waals surface area contributed by atoms with Gasteiger partial charge in [-0.3, -0.25) is 4.79 Å². The molecule has 0 radical (unpaired) electrons. The summed E-state index contributed by atoms with van der Waals surface area (Å²) in [4.78, 5) is 14.3. The largest absolute Gasteiger partial charge is 0.495 e. The van der Waals surface area contributed by atoms with Crippen molar-refractivity contribution in [3.05, 3.63) is 23.2 Å². The monoisotopic (exact) mass is 296 g/mol. The molecule has 4 nitrogen and oxygen atoms in total. The van der Waals surface area contributed by atoms with E-state index in [0.717, 1.165) is 25.1 Å². The summed E-state index contributed by atoms with van der Waals surface area (Å²) in [5.74, 6) is 0.713. The first-order chi connectivity index (χ1) is 9.52. The van der Waals surface area contributed by atoms with E-state index in [1.165, 1.54) is 0 Å². The van der Waals surface area contributed by atoms with Crippen LogP contribution in [-0.2, 0) is 4.79 Å². The zero-order chi connectivity index (χ0) is 14.7. The fourth-order valence-electron chi connectivity index (χ4n) is 2.51. The Hall–Kier alpha value is -1.26. The number of amides is 1. The number of methoxy groups -OCH3 is 1. The van der Waals surface area contributed by atoms with Gasteiger partial charge in [-0.1, -0.05) is 25.4 Å². The van der Waals surface area contributed by atoms with Gasteiger partial charge >= 0.3 is 0 Å². The standard InChI is InChI=1S/C15H21ClN2O2/c1-10(2)17-13-5-4-8-18(15(13)19)11-6-7-12(16)14(9-11)20-3/h6-7,9-10,13,17H,4-5,8H2,1-3H3. The Bertz CT molecular complexity index is 491. The predicted molar refractivity (Wildman–Crippen MR) is 81.7 cm³/mol. The molecule has 0 bridgehead atoms. The lowest BCUT2D eigenvalue weighted by Crippen LogP contribution is -2.52. The lowest BCUT2D eigenvalue weighted by atomic mass is 10.0. The SMILES string of the molecule is COc1cc(N2CCCC(NC(C)C)C2=O)ccc1Cl. The van der Waals surface area contributed by atoms with E-state index < -0.39 is 0 Å². The summed E-state index contributed by atoms with van der Waals surface area (Å²) in [5, 5.41) is 3.88. The van der Waals surface area contributed by atoms with Crippen LogP contribution in [0, 0.1) is 0 Å². The molecule has 1 aliphatic heterocycles. The van der Waals surface area contributed by atoms with Gasteiger partial charge in [0.1, 0.15) is 5.75 Å². The molecule has 0 saturated carbocycles. The van der Waals surface area contributed by atoms with Gasteiger partial charge in [-0.2, -0.15) is 0 Å². The summed E-state index contributed by atoms with van der Waals surface area (Å²) in [6, 6.07) is 5.63. The topological polar surface area (TPSA) is 41.6 Å². The molecule has 0 spiro atoms. The van der Waals surface area contributed by atoms with Crippen molar-refractivity contribution in [1.82, 2.24) is 5.32 Å². The van der Waals surface area contributed by atoms with E-state index in [2.05, 4.69) is 19.2 Å². The highest BCUT2D eigenvalue weighted by atomic mass is 35.5. The second kappa shape index (κ2) is 6.46. The van der Waals surface area contributed by atoms with Crippen LogP contribution >= 0.6 is 11.6 Å². The zero-order valence-electron chi connectivity index (χ0n) is 12.1. The molecule has 0 aromatic heterocycles. The molecule has 1 heterocycles. The number of hydrogen-bond donors (Lipinski definition) is 1. The second-order valence-corrected chi connectivity index (χ2v) is 5.73. The minimum Gasteiger partial charge on any atom is -0.495 e. The average molecular weight is 297 g/mol. The third-order valence-electron chi connectivity index (χ3n) is 3.42. The summed E-state index contributed by atoms with van der Waals surface area (Å²) in [6.45, 7) is 4.84. The molecule has 1 aromatic carbocycles.